The number of benzene rings is 1. The molecule has 0 aliphatic carbocycles. The van der Waals surface area contributed by atoms with Gasteiger partial charge >= 0.3 is 0 Å². The summed E-state index contributed by atoms with van der Waals surface area (Å²) in [4.78, 5) is 11.9. The van der Waals surface area contributed by atoms with E-state index in [1.165, 1.54) is 0 Å². The van der Waals surface area contributed by atoms with Gasteiger partial charge in [-0.2, -0.15) is 0 Å². The molecule has 0 radical (unpaired) electrons. The van der Waals surface area contributed by atoms with E-state index in [2.05, 4.69) is 18.7 Å². The topological polar surface area (TPSA) is 84.5 Å². The van der Waals surface area contributed by atoms with Crippen LogP contribution in [0.4, 0.5) is 5.82 Å². The van der Waals surface area contributed by atoms with Crippen LogP contribution in [0.5, 0.6) is 0 Å². The molecule has 1 unspecified atom stereocenters. The van der Waals surface area contributed by atoms with Crippen LogP contribution in [0.2, 0.25) is 5.02 Å². The lowest BCUT2D eigenvalue weighted by Gasteiger charge is -2.42. The van der Waals surface area contributed by atoms with Crippen LogP contribution in [0.15, 0.2) is 18.2 Å². The molecule has 2 aliphatic heterocycles. The fourth-order valence-corrected chi connectivity index (χ4v) is 5.26. The molecule has 1 aromatic heterocycles. The minimum atomic E-state index is -0.168. The zero-order valence-electron chi connectivity index (χ0n) is 18.9. The molecule has 2 aliphatic rings. The molecule has 4 rings (SSSR count). The van der Waals surface area contributed by atoms with Crippen LogP contribution in [0, 0.1) is 25.2 Å². The molecule has 3 heterocycles. The average molecular weight is 445 g/mol. The van der Waals surface area contributed by atoms with E-state index in [1.54, 1.807) is 0 Å². The Hall–Kier alpha value is -1.73. The number of anilines is 1. The predicted octanol–water partition coefficient (Wildman–Crippen LogP) is 3.87. The van der Waals surface area contributed by atoms with Crippen molar-refractivity contribution in [2.45, 2.75) is 59.3 Å². The number of rotatable bonds is 4. The van der Waals surface area contributed by atoms with Crippen molar-refractivity contribution >= 4 is 17.4 Å². The number of aliphatic hydroxyl groups excluding tert-OH is 1. The van der Waals surface area contributed by atoms with E-state index in [1.807, 2.05) is 32.0 Å². The van der Waals surface area contributed by atoms with Gasteiger partial charge in [0.25, 0.3) is 0 Å². The second-order valence-corrected chi connectivity index (χ2v) is 9.80. The van der Waals surface area contributed by atoms with Gasteiger partial charge in [0.05, 0.1) is 35.7 Å². The highest BCUT2D eigenvalue weighted by Crippen LogP contribution is 2.44. The Kier molecular flexibility index (Phi) is 6.28. The summed E-state index contributed by atoms with van der Waals surface area (Å²) in [6, 6.07) is 5.95. The predicted molar refractivity (Wildman–Crippen MR) is 124 cm³/mol. The SMILES string of the molecule is Cc1cccc(-c2nc(CO)c(N3CCC4(CC3)COC(C(C)C)[C@H]4N)nc2C)c1Cl. The summed E-state index contributed by atoms with van der Waals surface area (Å²) < 4.78 is 6.09. The van der Waals surface area contributed by atoms with E-state index >= 15 is 0 Å². The Morgan fingerprint density at radius 3 is 2.58 bits per heavy atom. The van der Waals surface area contributed by atoms with Gasteiger partial charge in [-0.15, -0.1) is 0 Å². The van der Waals surface area contributed by atoms with Gasteiger partial charge in [0.2, 0.25) is 0 Å². The minimum absolute atomic E-state index is 0.0301. The molecule has 0 saturated carbocycles. The highest BCUT2D eigenvalue weighted by molar-refractivity contribution is 6.34. The molecule has 1 aromatic carbocycles. The van der Waals surface area contributed by atoms with Crippen molar-refractivity contribution in [3.63, 3.8) is 0 Å². The Morgan fingerprint density at radius 2 is 1.97 bits per heavy atom. The molecule has 7 heteroatoms. The summed E-state index contributed by atoms with van der Waals surface area (Å²) >= 11 is 6.54. The molecule has 2 atom stereocenters. The second kappa shape index (κ2) is 8.66. The zero-order chi connectivity index (χ0) is 22.3. The largest absolute Gasteiger partial charge is 0.390 e. The zero-order valence-corrected chi connectivity index (χ0v) is 19.6. The van der Waals surface area contributed by atoms with Gasteiger partial charge in [-0.05, 0) is 38.2 Å². The Bertz CT molecular complexity index is 957. The number of halogens is 1. The summed E-state index contributed by atoms with van der Waals surface area (Å²) in [6.07, 6.45) is 2.03. The first-order valence-electron chi connectivity index (χ1n) is 11.1. The monoisotopic (exact) mass is 444 g/mol. The van der Waals surface area contributed by atoms with E-state index in [4.69, 9.17) is 32.0 Å². The fraction of sp³-hybridized carbons (Fsp3) is 0.583. The Labute approximate surface area is 189 Å². The van der Waals surface area contributed by atoms with Gasteiger partial charge in [0, 0.05) is 30.1 Å². The van der Waals surface area contributed by atoms with Gasteiger partial charge in [-0.1, -0.05) is 43.6 Å². The third kappa shape index (κ3) is 3.95. The van der Waals surface area contributed by atoms with Crippen molar-refractivity contribution in [1.82, 2.24) is 9.97 Å². The van der Waals surface area contributed by atoms with Crippen molar-refractivity contribution in [2.75, 3.05) is 24.6 Å². The average Bonchev–Trinajstić information content (AvgIpc) is 3.07. The van der Waals surface area contributed by atoms with Gasteiger partial charge in [0.15, 0.2) is 5.82 Å². The quantitative estimate of drug-likeness (QED) is 0.744. The van der Waals surface area contributed by atoms with Crippen molar-refractivity contribution in [3.8, 4) is 11.3 Å². The van der Waals surface area contributed by atoms with Gasteiger partial charge < -0.3 is 20.5 Å². The van der Waals surface area contributed by atoms with Gasteiger partial charge in [-0.3, -0.25) is 0 Å². The number of aliphatic hydroxyl groups is 1. The van der Waals surface area contributed by atoms with E-state index < -0.39 is 0 Å². The third-order valence-electron chi connectivity index (χ3n) is 7.06. The van der Waals surface area contributed by atoms with Crippen molar-refractivity contribution in [3.05, 3.63) is 40.2 Å². The smallest absolute Gasteiger partial charge is 0.153 e. The summed E-state index contributed by atoms with van der Waals surface area (Å²) in [5.41, 5.74) is 10.6. The van der Waals surface area contributed by atoms with Crippen LogP contribution in [0.1, 0.15) is 43.6 Å². The second-order valence-electron chi connectivity index (χ2n) is 9.42. The number of ether oxygens (including phenoxy) is 1. The van der Waals surface area contributed by atoms with E-state index in [9.17, 15) is 5.11 Å². The number of aromatic nitrogens is 2. The summed E-state index contributed by atoms with van der Waals surface area (Å²) in [6.45, 7) is 10.5. The van der Waals surface area contributed by atoms with Crippen molar-refractivity contribution < 1.29 is 9.84 Å². The van der Waals surface area contributed by atoms with Gasteiger partial charge in [0.1, 0.15) is 5.69 Å². The van der Waals surface area contributed by atoms with Gasteiger partial charge in [-0.25, -0.2) is 9.97 Å². The Balaban J connectivity index is 1.59. The summed E-state index contributed by atoms with van der Waals surface area (Å²) in [7, 11) is 0. The fourth-order valence-electron chi connectivity index (χ4n) is 5.05. The molecule has 2 fully saturated rings. The van der Waals surface area contributed by atoms with E-state index in [0.29, 0.717) is 16.6 Å². The molecule has 0 bridgehead atoms. The van der Waals surface area contributed by atoms with Crippen LogP contribution in [0.25, 0.3) is 11.3 Å². The lowest BCUT2D eigenvalue weighted by molar-refractivity contribution is 0.0608. The number of hydrogen-bond donors (Lipinski definition) is 2. The van der Waals surface area contributed by atoms with Crippen molar-refractivity contribution in [2.24, 2.45) is 17.1 Å². The van der Waals surface area contributed by atoms with E-state index in [-0.39, 0.29) is 24.2 Å². The summed E-state index contributed by atoms with van der Waals surface area (Å²) in [5, 5.41) is 10.7. The standard InChI is InChI=1S/C24H33ClN4O2/c1-14(2)21-22(26)24(13-31-21)8-10-29(11-9-24)23-18(12-30)28-20(16(4)27-23)17-7-5-6-15(3)19(17)25/h5-7,14,21-22,30H,8-13,26H2,1-4H3/t21?,22-/m1/s1. The molecule has 3 N–H and O–H groups in total. The lowest BCUT2D eigenvalue weighted by Crippen LogP contribution is -2.52. The normalized spacial score (nSPS) is 23.2. The molecule has 0 amide bonds. The number of piperidine rings is 1. The molecule has 1 spiro atoms. The lowest BCUT2D eigenvalue weighted by atomic mass is 9.72. The number of aryl methyl sites for hydroxylation is 2. The maximum absolute atomic E-state index is 10.1. The molecule has 31 heavy (non-hydrogen) atoms. The van der Waals surface area contributed by atoms with Crippen LogP contribution in [-0.2, 0) is 11.3 Å². The first kappa shape index (κ1) is 22.5. The highest BCUT2D eigenvalue weighted by Gasteiger charge is 2.50. The van der Waals surface area contributed by atoms with Crippen LogP contribution < -0.4 is 10.6 Å². The molecular formula is C24H33ClN4O2. The first-order chi connectivity index (χ1) is 14.8. The molecular weight excluding hydrogens is 412 g/mol. The first-order valence-corrected chi connectivity index (χ1v) is 11.5. The molecule has 2 saturated heterocycles. The molecule has 168 valence electrons. The number of nitrogens with zero attached hydrogens (tertiary/aromatic N) is 3. The maximum atomic E-state index is 10.1. The molecule has 6 nitrogen and oxygen atoms in total. The van der Waals surface area contributed by atoms with Crippen molar-refractivity contribution in [1.29, 1.82) is 0 Å². The molecule has 2 aromatic rings. The van der Waals surface area contributed by atoms with Crippen LogP contribution in [-0.4, -0.2) is 46.9 Å². The maximum Gasteiger partial charge on any atom is 0.153 e. The number of nitrogens with two attached hydrogens (primary N) is 1. The number of hydrogen-bond acceptors (Lipinski definition) is 6. The Morgan fingerprint density at radius 1 is 1.26 bits per heavy atom. The van der Waals surface area contributed by atoms with Crippen LogP contribution >= 0.6 is 11.6 Å². The third-order valence-corrected chi connectivity index (χ3v) is 7.56. The minimum Gasteiger partial charge on any atom is -0.390 e. The highest BCUT2D eigenvalue weighted by atomic mass is 35.5. The van der Waals surface area contributed by atoms with E-state index in [0.717, 1.165) is 60.9 Å². The van der Waals surface area contributed by atoms with Crippen LogP contribution in [0.3, 0.4) is 0 Å². The summed E-state index contributed by atoms with van der Waals surface area (Å²) in [5.74, 6) is 1.18.